The summed E-state index contributed by atoms with van der Waals surface area (Å²) in [5.74, 6) is 0.466. The molecule has 123 valence electrons. The van der Waals surface area contributed by atoms with E-state index in [0.29, 0.717) is 5.92 Å². The Bertz CT molecular complexity index is 520. The van der Waals surface area contributed by atoms with Crippen LogP contribution < -0.4 is 0 Å². The van der Waals surface area contributed by atoms with Crippen LogP contribution in [0.2, 0.25) is 0 Å². The molecule has 0 spiro atoms. The van der Waals surface area contributed by atoms with Crippen molar-refractivity contribution in [3.05, 3.63) is 78.2 Å². The molecule has 0 N–H and O–H groups in total. The minimum absolute atomic E-state index is 0.268. The monoisotopic (exact) mass is 308 g/mol. The molecule has 0 aromatic heterocycles. The summed E-state index contributed by atoms with van der Waals surface area (Å²) < 4.78 is 0. The van der Waals surface area contributed by atoms with Gasteiger partial charge in [0.05, 0.1) is 0 Å². The zero-order valence-corrected chi connectivity index (χ0v) is 15.0. The molecule has 0 aliphatic carbocycles. The maximum absolute atomic E-state index is 2.46. The van der Waals surface area contributed by atoms with Crippen molar-refractivity contribution in [2.45, 2.75) is 33.1 Å². The molecule has 2 aromatic rings. The van der Waals surface area contributed by atoms with Crippen molar-refractivity contribution in [3.63, 3.8) is 0 Å². The van der Waals surface area contributed by atoms with Gasteiger partial charge in [-0.3, -0.25) is 0 Å². The Hall–Kier alpha value is -1.60. The summed E-state index contributed by atoms with van der Waals surface area (Å²) in [6.07, 6.45) is 3.44. The fraction of sp³-hybridized carbons (Fsp3) is 0.409. The van der Waals surface area contributed by atoms with Gasteiger partial charge in [-0.25, -0.2) is 0 Å². The Morgan fingerprint density at radius 3 is 1.83 bits per heavy atom. The highest BCUT2D eigenvalue weighted by Crippen LogP contribution is 2.28. The van der Waals surface area contributed by atoms with Crippen LogP contribution in [0.25, 0.3) is 0 Å². The van der Waals surface area contributed by atoms with Crippen LogP contribution in [0.5, 0.6) is 0 Å². The number of rotatable bonds is 8. The Morgan fingerprint density at radius 2 is 1.39 bits per heavy atom. The van der Waals surface area contributed by atoms with E-state index in [4.69, 9.17) is 0 Å². The van der Waals surface area contributed by atoms with Crippen LogP contribution in [0.15, 0.2) is 60.7 Å². The quantitative estimate of drug-likeness (QED) is 0.632. The first-order valence-electron chi connectivity index (χ1n) is 8.61. The second-order valence-electron chi connectivity index (χ2n) is 7.18. The van der Waals surface area contributed by atoms with Crippen molar-refractivity contribution in [2.24, 2.45) is 5.41 Å². The molecule has 1 nitrogen and oxygen atoms in total. The van der Waals surface area contributed by atoms with E-state index in [0.717, 1.165) is 19.5 Å². The van der Waals surface area contributed by atoms with Gasteiger partial charge in [0.1, 0.15) is 0 Å². The minimum Gasteiger partial charge on any atom is -0.306 e. The van der Waals surface area contributed by atoms with E-state index in [1.807, 2.05) is 0 Å². The Labute approximate surface area is 142 Å². The van der Waals surface area contributed by atoms with Gasteiger partial charge in [0.2, 0.25) is 0 Å². The van der Waals surface area contributed by atoms with Gasteiger partial charge in [-0.05, 0) is 43.0 Å². The van der Waals surface area contributed by atoms with Gasteiger partial charge in [0.15, 0.2) is 0 Å². The van der Waals surface area contributed by atoms with Gasteiger partial charge in [0, 0.05) is 12.5 Å². The lowest BCUT2D eigenvalue weighted by atomic mass is 9.87. The molecule has 0 fully saturated rings. The fourth-order valence-corrected chi connectivity index (χ4v) is 3.11. The van der Waals surface area contributed by atoms with E-state index in [9.17, 15) is 0 Å². The molecular formula is C22H30N. The van der Waals surface area contributed by atoms with Crippen LogP contribution in [-0.2, 0) is 0 Å². The molecule has 0 atom stereocenters. The summed E-state index contributed by atoms with van der Waals surface area (Å²) in [5, 5.41) is 0. The molecule has 23 heavy (non-hydrogen) atoms. The Balaban J connectivity index is 2.08. The van der Waals surface area contributed by atoms with Gasteiger partial charge in [-0.15, -0.1) is 0 Å². The first-order valence-corrected chi connectivity index (χ1v) is 8.61. The molecule has 0 aliphatic rings. The topological polar surface area (TPSA) is 3.24 Å². The lowest BCUT2D eigenvalue weighted by Crippen LogP contribution is -2.32. The summed E-state index contributed by atoms with van der Waals surface area (Å²) in [5.41, 5.74) is 3.09. The highest BCUT2D eigenvalue weighted by Gasteiger charge is 2.19. The molecule has 0 saturated carbocycles. The highest BCUT2D eigenvalue weighted by molar-refractivity contribution is 5.32. The van der Waals surface area contributed by atoms with E-state index in [2.05, 4.69) is 99.8 Å². The number of nitrogens with zero attached hydrogens (tertiary/aromatic N) is 1. The predicted molar refractivity (Wildman–Crippen MR) is 101 cm³/mol. The highest BCUT2D eigenvalue weighted by atomic mass is 15.1. The van der Waals surface area contributed by atoms with E-state index >= 15 is 0 Å². The first-order chi connectivity index (χ1) is 11.0. The first kappa shape index (κ1) is 17.7. The van der Waals surface area contributed by atoms with Crippen molar-refractivity contribution >= 4 is 0 Å². The third-order valence-electron chi connectivity index (χ3n) is 4.66. The normalized spacial score (nSPS) is 12.1. The van der Waals surface area contributed by atoms with Crippen LogP contribution in [0.4, 0.5) is 0 Å². The molecule has 0 heterocycles. The number of hydrogen-bond donors (Lipinski definition) is 0. The van der Waals surface area contributed by atoms with Crippen LogP contribution in [0.1, 0.15) is 44.2 Å². The van der Waals surface area contributed by atoms with Crippen molar-refractivity contribution < 1.29 is 0 Å². The Morgan fingerprint density at radius 1 is 0.913 bits per heavy atom. The third kappa shape index (κ3) is 5.51. The summed E-state index contributed by atoms with van der Waals surface area (Å²) >= 11 is 0. The fourth-order valence-electron chi connectivity index (χ4n) is 3.11. The maximum atomic E-state index is 2.46. The second kappa shape index (κ2) is 8.31. The smallest absolute Gasteiger partial charge is 0.0101 e. The molecule has 0 unspecified atom stereocenters. The average molecular weight is 308 g/mol. The molecule has 0 aliphatic heterocycles. The summed E-state index contributed by atoms with van der Waals surface area (Å²) in [7, 11) is 2.23. The maximum Gasteiger partial charge on any atom is 0.0101 e. The van der Waals surface area contributed by atoms with Gasteiger partial charge in [-0.1, -0.05) is 81.4 Å². The average Bonchev–Trinajstić information content (AvgIpc) is 2.56. The van der Waals surface area contributed by atoms with Crippen molar-refractivity contribution in [3.8, 4) is 0 Å². The molecule has 0 amide bonds. The van der Waals surface area contributed by atoms with Crippen LogP contribution in [0, 0.1) is 11.8 Å². The molecule has 2 aromatic carbocycles. The van der Waals surface area contributed by atoms with Crippen molar-refractivity contribution in [2.75, 3.05) is 20.1 Å². The van der Waals surface area contributed by atoms with Crippen LogP contribution >= 0.6 is 0 Å². The number of hydrogen-bond acceptors (Lipinski definition) is 1. The second-order valence-corrected chi connectivity index (χ2v) is 7.18. The lowest BCUT2D eigenvalue weighted by molar-refractivity contribution is 0.233. The number of benzene rings is 2. The van der Waals surface area contributed by atoms with Crippen LogP contribution in [0.3, 0.4) is 0 Å². The zero-order chi connectivity index (χ0) is 16.7. The third-order valence-corrected chi connectivity index (χ3v) is 4.66. The van der Waals surface area contributed by atoms with E-state index in [-0.39, 0.29) is 5.41 Å². The molecular weight excluding hydrogens is 278 g/mol. The standard InChI is InChI=1S/C22H30N/c1-5-22(2,3)18-23(4)17-16-21(19-12-8-6-9-13-19)20-14-10-7-11-15-20/h5-15,21H,16-18H2,1-4H3. The van der Waals surface area contributed by atoms with Crippen molar-refractivity contribution in [1.82, 2.24) is 4.90 Å². The molecule has 2 rings (SSSR count). The van der Waals surface area contributed by atoms with Crippen LogP contribution in [-0.4, -0.2) is 25.0 Å². The van der Waals surface area contributed by atoms with E-state index < -0.39 is 0 Å². The Kier molecular flexibility index (Phi) is 6.41. The van der Waals surface area contributed by atoms with E-state index in [1.54, 1.807) is 0 Å². The molecule has 1 heteroatoms. The summed E-state index contributed by atoms with van der Waals surface area (Å²) in [6.45, 7) is 8.96. The molecule has 0 bridgehead atoms. The van der Waals surface area contributed by atoms with Gasteiger partial charge >= 0.3 is 0 Å². The molecule has 1 radical (unpaired) electrons. The predicted octanol–water partition coefficient (Wildman–Crippen LogP) is 5.39. The zero-order valence-electron chi connectivity index (χ0n) is 15.0. The molecule has 0 saturated heterocycles. The van der Waals surface area contributed by atoms with Crippen molar-refractivity contribution in [1.29, 1.82) is 0 Å². The minimum atomic E-state index is 0.268. The van der Waals surface area contributed by atoms with Gasteiger partial charge in [0.25, 0.3) is 0 Å². The van der Waals surface area contributed by atoms with Gasteiger partial charge < -0.3 is 4.90 Å². The summed E-state index contributed by atoms with van der Waals surface area (Å²) in [4.78, 5) is 2.46. The lowest BCUT2D eigenvalue weighted by Gasteiger charge is -2.30. The summed E-state index contributed by atoms with van der Waals surface area (Å²) in [6, 6.07) is 21.8. The SMILES string of the molecule is C[CH]C(C)(C)CN(C)CCC(c1ccccc1)c1ccccc1. The largest absolute Gasteiger partial charge is 0.306 e. The van der Waals surface area contributed by atoms with Gasteiger partial charge in [-0.2, -0.15) is 0 Å². The van der Waals surface area contributed by atoms with E-state index in [1.165, 1.54) is 11.1 Å².